The molecule has 9 heteroatoms. The minimum absolute atomic E-state index is 0.0841. The fourth-order valence-electron chi connectivity index (χ4n) is 2.32. The minimum Gasteiger partial charge on any atom is -0.478 e. The molecule has 136 valence electrons. The van der Waals surface area contributed by atoms with Crippen LogP contribution in [0.2, 0.25) is 5.02 Å². The molecule has 0 saturated heterocycles. The molecule has 0 spiro atoms. The predicted octanol–water partition coefficient (Wildman–Crippen LogP) is 5.69. The molecule has 0 amide bonds. The Morgan fingerprint density at radius 3 is 2.46 bits per heavy atom. The molecule has 1 aliphatic rings. The monoisotopic (exact) mass is 448 g/mol. The third-order valence-corrected chi connectivity index (χ3v) is 4.31. The molecular formula is C17H9BrClF3O4. The lowest BCUT2D eigenvalue weighted by molar-refractivity contribution is -0.187. The number of ether oxygens (including phenoxy) is 2. The lowest BCUT2D eigenvalue weighted by atomic mass is 10.0. The van der Waals surface area contributed by atoms with E-state index in [4.69, 9.17) is 26.2 Å². The van der Waals surface area contributed by atoms with Crippen LogP contribution in [0.25, 0.3) is 6.08 Å². The van der Waals surface area contributed by atoms with E-state index in [-0.39, 0.29) is 22.1 Å². The van der Waals surface area contributed by atoms with Gasteiger partial charge < -0.3 is 14.6 Å². The molecule has 1 N–H and O–H groups in total. The average Bonchev–Trinajstić information content (AvgIpc) is 2.55. The van der Waals surface area contributed by atoms with Crippen LogP contribution in [0, 0.1) is 0 Å². The van der Waals surface area contributed by atoms with Crippen LogP contribution in [-0.2, 0) is 4.79 Å². The molecule has 1 unspecified atom stereocenters. The van der Waals surface area contributed by atoms with Crippen LogP contribution in [-0.4, -0.2) is 23.4 Å². The molecule has 26 heavy (non-hydrogen) atoms. The summed E-state index contributed by atoms with van der Waals surface area (Å²) >= 11 is 9.38. The quantitative estimate of drug-likeness (QED) is 0.654. The van der Waals surface area contributed by atoms with Gasteiger partial charge in [-0.2, -0.15) is 13.2 Å². The second-order valence-electron chi connectivity index (χ2n) is 5.32. The Morgan fingerprint density at radius 1 is 1.23 bits per heavy atom. The Balaban J connectivity index is 2.00. The minimum atomic E-state index is -4.88. The summed E-state index contributed by atoms with van der Waals surface area (Å²) in [5.74, 6) is -1.39. The van der Waals surface area contributed by atoms with Gasteiger partial charge in [-0.15, -0.1) is 0 Å². The van der Waals surface area contributed by atoms with Gasteiger partial charge in [-0.3, -0.25) is 0 Å². The topological polar surface area (TPSA) is 55.8 Å². The standard InChI is InChI=1S/C17H9BrClF3O4/c18-9-1-3-10(4-2-9)25-14-7-13-8(6-12(14)19)5-11(16(23)24)15(26-13)17(20,21)22/h1-7,15H,(H,23,24). The van der Waals surface area contributed by atoms with Crippen molar-refractivity contribution < 1.29 is 32.5 Å². The van der Waals surface area contributed by atoms with Crippen LogP contribution < -0.4 is 9.47 Å². The molecule has 0 saturated carbocycles. The number of hydrogen-bond acceptors (Lipinski definition) is 3. The van der Waals surface area contributed by atoms with E-state index in [9.17, 15) is 18.0 Å². The van der Waals surface area contributed by atoms with Crippen molar-refractivity contribution in [1.82, 2.24) is 0 Å². The van der Waals surface area contributed by atoms with Crippen molar-refractivity contribution in [3.63, 3.8) is 0 Å². The van der Waals surface area contributed by atoms with Crippen LogP contribution in [0.3, 0.4) is 0 Å². The van der Waals surface area contributed by atoms with Gasteiger partial charge in [0.05, 0.1) is 10.6 Å². The predicted molar refractivity (Wildman–Crippen MR) is 91.8 cm³/mol. The molecule has 2 aromatic rings. The summed E-state index contributed by atoms with van der Waals surface area (Å²) in [7, 11) is 0. The number of carboxylic acids is 1. The first-order valence-electron chi connectivity index (χ1n) is 7.10. The number of halogens is 5. The summed E-state index contributed by atoms with van der Waals surface area (Å²) < 4.78 is 50.7. The van der Waals surface area contributed by atoms with Crippen LogP contribution >= 0.6 is 27.5 Å². The third-order valence-electron chi connectivity index (χ3n) is 3.49. The highest BCUT2D eigenvalue weighted by Crippen LogP contribution is 2.42. The molecular weight excluding hydrogens is 441 g/mol. The smallest absolute Gasteiger partial charge is 0.430 e. The van der Waals surface area contributed by atoms with E-state index in [1.54, 1.807) is 24.3 Å². The number of alkyl halides is 3. The van der Waals surface area contributed by atoms with Crippen LogP contribution in [0.15, 0.2) is 46.4 Å². The van der Waals surface area contributed by atoms with Gasteiger partial charge in [0.1, 0.15) is 17.2 Å². The number of hydrogen-bond donors (Lipinski definition) is 1. The fourth-order valence-corrected chi connectivity index (χ4v) is 2.80. The maximum atomic E-state index is 13.1. The Morgan fingerprint density at radius 2 is 1.88 bits per heavy atom. The third kappa shape index (κ3) is 3.81. The molecule has 4 nitrogen and oxygen atoms in total. The number of carboxylic acid groups (broad SMARTS) is 1. The highest BCUT2D eigenvalue weighted by molar-refractivity contribution is 9.10. The zero-order valence-corrected chi connectivity index (χ0v) is 15.0. The summed E-state index contributed by atoms with van der Waals surface area (Å²) in [6.45, 7) is 0. The van der Waals surface area contributed by atoms with Crippen molar-refractivity contribution in [3.8, 4) is 17.2 Å². The van der Waals surface area contributed by atoms with Crippen molar-refractivity contribution in [2.45, 2.75) is 12.3 Å². The lowest BCUT2D eigenvalue weighted by Gasteiger charge is -2.27. The van der Waals surface area contributed by atoms with Gasteiger partial charge in [-0.1, -0.05) is 27.5 Å². The van der Waals surface area contributed by atoms with Gasteiger partial charge in [-0.25, -0.2) is 4.79 Å². The largest absolute Gasteiger partial charge is 0.478 e. The SMILES string of the molecule is O=C(O)C1=Cc2cc(Cl)c(Oc3ccc(Br)cc3)cc2OC1C(F)(F)F. The van der Waals surface area contributed by atoms with Crippen LogP contribution in [0.5, 0.6) is 17.2 Å². The summed E-state index contributed by atoms with van der Waals surface area (Å²) in [5.41, 5.74) is -0.793. The number of fused-ring (bicyclic) bond motifs is 1. The van der Waals surface area contributed by atoms with Crippen LogP contribution in [0.4, 0.5) is 13.2 Å². The molecule has 0 bridgehead atoms. The molecule has 1 heterocycles. The van der Waals surface area contributed by atoms with Gasteiger partial charge in [0.15, 0.2) is 0 Å². The fraction of sp³-hybridized carbons (Fsp3) is 0.118. The van der Waals surface area contributed by atoms with E-state index < -0.39 is 23.8 Å². The summed E-state index contributed by atoms with van der Waals surface area (Å²) in [6, 6.07) is 9.22. The second kappa shape index (κ2) is 6.85. The van der Waals surface area contributed by atoms with Crippen LogP contribution in [0.1, 0.15) is 5.56 Å². The average molecular weight is 450 g/mol. The Labute approximate surface area is 158 Å². The summed E-state index contributed by atoms with van der Waals surface area (Å²) in [5, 5.41) is 9.13. The van der Waals surface area contributed by atoms with Crippen molar-refractivity contribution in [2.75, 3.05) is 0 Å². The van der Waals surface area contributed by atoms with E-state index >= 15 is 0 Å². The zero-order chi connectivity index (χ0) is 19.1. The maximum Gasteiger partial charge on any atom is 0.430 e. The molecule has 2 aromatic carbocycles. The van der Waals surface area contributed by atoms with E-state index in [1.807, 2.05) is 0 Å². The Kier molecular flexibility index (Phi) is 4.90. The highest BCUT2D eigenvalue weighted by Gasteiger charge is 2.48. The second-order valence-corrected chi connectivity index (χ2v) is 6.64. The van der Waals surface area contributed by atoms with Gasteiger partial charge in [-0.05, 0) is 36.4 Å². The van der Waals surface area contributed by atoms with Gasteiger partial charge in [0.2, 0.25) is 6.10 Å². The molecule has 0 fully saturated rings. The first-order chi connectivity index (χ1) is 12.1. The first-order valence-corrected chi connectivity index (χ1v) is 8.27. The summed E-state index contributed by atoms with van der Waals surface area (Å²) in [6.07, 6.45) is -6.56. The highest BCUT2D eigenvalue weighted by atomic mass is 79.9. The Bertz CT molecular complexity index is 894. The zero-order valence-electron chi connectivity index (χ0n) is 12.7. The van der Waals surface area contributed by atoms with Crippen molar-refractivity contribution in [1.29, 1.82) is 0 Å². The first kappa shape index (κ1) is 18.6. The normalized spacial score (nSPS) is 16.3. The number of carbonyl (C=O) groups is 1. The maximum absolute atomic E-state index is 13.1. The molecule has 0 aromatic heterocycles. The molecule has 1 atom stereocenters. The van der Waals surface area contributed by atoms with E-state index in [0.29, 0.717) is 5.75 Å². The molecule has 0 aliphatic carbocycles. The van der Waals surface area contributed by atoms with Gasteiger partial charge in [0, 0.05) is 16.1 Å². The molecule has 0 radical (unpaired) electrons. The van der Waals surface area contributed by atoms with E-state index in [2.05, 4.69) is 15.9 Å². The number of aliphatic carboxylic acids is 1. The van der Waals surface area contributed by atoms with Crippen molar-refractivity contribution in [3.05, 3.63) is 57.0 Å². The molecule has 3 rings (SSSR count). The van der Waals surface area contributed by atoms with E-state index in [0.717, 1.165) is 10.5 Å². The number of rotatable bonds is 3. The van der Waals surface area contributed by atoms with Crippen molar-refractivity contribution in [2.24, 2.45) is 0 Å². The number of benzene rings is 2. The molecule has 1 aliphatic heterocycles. The Hall–Kier alpha value is -2.19. The van der Waals surface area contributed by atoms with E-state index in [1.165, 1.54) is 12.1 Å². The summed E-state index contributed by atoms with van der Waals surface area (Å²) in [4.78, 5) is 11.1. The van der Waals surface area contributed by atoms with Gasteiger partial charge >= 0.3 is 12.1 Å². The lowest BCUT2D eigenvalue weighted by Crippen LogP contribution is -2.40. The van der Waals surface area contributed by atoms with Gasteiger partial charge in [0.25, 0.3) is 0 Å². The van der Waals surface area contributed by atoms with Crippen molar-refractivity contribution >= 4 is 39.6 Å².